The van der Waals surface area contributed by atoms with Crippen molar-refractivity contribution in [3.63, 3.8) is 0 Å². The third kappa shape index (κ3) is 8.10. The zero-order valence-electron chi connectivity index (χ0n) is 14.9. The summed E-state index contributed by atoms with van der Waals surface area (Å²) in [6.07, 6.45) is 2.16. The van der Waals surface area contributed by atoms with Gasteiger partial charge in [0, 0.05) is 32.7 Å². The molecule has 1 saturated carbocycles. The van der Waals surface area contributed by atoms with E-state index in [4.69, 9.17) is 4.74 Å². The highest BCUT2D eigenvalue weighted by Gasteiger charge is 2.23. The lowest BCUT2D eigenvalue weighted by atomic mass is 10.2. The molecule has 22 heavy (non-hydrogen) atoms. The molecule has 0 bridgehead atoms. The quantitative estimate of drug-likeness (QED) is 0.583. The number of aliphatic imine (C=N–C) groups is 1. The van der Waals surface area contributed by atoms with Gasteiger partial charge in [0.25, 0.3) is 0 Å². The summed E-state index contributed by atoms with van der Waals surface area (Å²) in [5.74, 6) is 1.14. The van der Waals surface area contributed by atoms with Gasteiger partial charge in [0.15, 0.2) is 5.96 Å². The number of ether oxygens (including phenoxy) is 1. The molecule has 1 rings (SSSR count). The Balaban J connectivity index is 2.39. The van der Waals surface area contributed by atoms with Gasteiger partial charge in [0.2, 0.25) is 0 Å². The van der Waals surface area contributed by atoms with Crippen molar-refractivity contribution in [2.75, 3.05) is 26.7 Å². The first kappa shape index (κ1) is 18.6. The predicted octanol–water partition coefficient (Wildman–Crippen LogP) is 2.21. The van der Waals surface area contributed by atoms with Gasteiger partial charge >= 0.3 is 6.09 Å². The van der Waals surface area contributed by atoms with Crippen LogP contribution >= 0.6 is 0 Å². The average Bonchev–Trinajstić information content (AvgIpc) is 3.18. The van der Waals surface area contributed by atoms with Crippen molar-refractivity contribution in [1.82, 2.24) is 15.5 Å². The molecular weight excluding hydrogens is 280 g/mol. The number of hydrogen-bond acceptors (Lipinski definition) is 3. The summed E-state index contributed by atoms with van der Waals surface area (Å²) in [7, 11) is 1.77. The summed E-state index contributed by atoms with van der Waals surface area (Å²) in [6, 6.07) is 0.581. The van der Waals surface area contributed by atoms with Crippen LogP contribution in [0.25, 0.3) is 0 Å². The first-order valence-corrected chi connectivity index (χ1v) is 8.20. The van der Waals surface area contributed by atoms with Crippen molar-refractivity contribution >= 4 is 12.1 Å². The first-order valence-electron chi connectivity index (χ1n) is 8.20. The predicted molar refractivity (Wildman–Crippen MR) is 90.2 cm³/mol. The molecule has 0 radical (unpaired) electrons. The minimum atomic E-state index is -0.459. The molecule has 1 aliphatic rings. The maximum atomic E-state index is 11.9. The topological polar surface area (TPSA) is 66.0 Å². The third-order valence-electron chi connectivity index (χ3n) is 3.11. The molecule has 1 atom stereocenters. The minimum absolute atomic E-state index is 0.271. The highest BCUT2D eigenvalue weighted by molar-refractivity contribution is 5.80. The van der Waals surface area contributed by atoms with E-state index in [1.165, 1.54) is 12.8 Å². The lowest BCUT2D eigenvalue weighted by molar-refractivity contribution is 0.0279. The highest BCUT2D eigenvalue weighted by atomic mass is 16.6. The molecule has 0 aromatic rings. The van der Waals surface area contributed by atoms with Crippen molar-refractivity contribution in [2.45, 2.75) is 59.1 Å². The van der Waals surface area contributed by atoms with Gasteiger partial charge in [0.05, 0.1) is 0 Å². The number of guanidine groups is 1. The Hall–Kier alpha value is -1.46. The van der Waals surface area contributed by atoms with E-state index in [9.17, 15) is 4.79 Å². The van der Waals surface area contributed by atoms with Gasteiger partial charge in [0.1, 0.15) is 5.60 Å². The lowest BCUT2D eigenvalue weighted by Gasteiger charge is -2.26. The van der Waals surface area contributed by atoms with E-state index in [1.807, 2.05) is 20.8 Å². The molecule has 6 heteroatoms. The summed E-state index contributed by atoms with van der Waals surface area (Å²) < 4.78 is 5.35. The molecule has 6 nitrogen and oxygen atoms in total. The van der Waals surface area contributed by atoms with Crippen molar-refractivity contribution in [2.24, 2.45) is 10.9 Å². The molecule has 128 valence electrons. The zero-order chi connectivity index (χ0) is 16.8. The van der Waals surface area contributed by atoms with Crippen LogP contribution in [-0.4, -0.2) is 55.3 Å². The van der Waals surface area contributed by atoms with Crippen LogP contribution in [0.2, 0.25) is 0 Å². The van der Waals surface area contributed by atoms with Crippen molar-refractivity contribution < 1.29 is 9.53 Å². The second kappa shape index (κ2) is 8.25. The molecule has 0 heterocycles. The number of carbonyl (C=O) groups is 1. The minimum Gasteiger partial charge on any atom is -0.444 e. The maximum Gasteiger partial charge on any atom is 0.410 e. The number of carbonyl (C=O) groups excluding carboxylic acids is 1. The van der Waals surface area contributed by atoms with E-state index in [-0.39, 0.29) is 12.0 Å². The zero-order valence-corrected chi connectivity index (χ0v) is 14.9. The van der Waals surface area contributed by atoms with Crippen molar-refractivity contribution in [1.29, 1.82) is 0 Å². The standard InChI is InChI=1S/C16H32N4O2/c1-7-17-14(19-13-8-9-13)18-10-12(2)11-20(6)15(21)22-16(3,4)5/h12-13H,7-11H2,1-6H3,(H2,17,18,19). The Morgan fingerprint density at radius 2 is 2.05 bits per heavy atom. The average molecular weight is 312 g/mol. The molecular formula is C16H32N4O2. The SMILES string of the molecule is CCNC(=NCC(C)CN(C)C(=O)OC(C)(C)C)NC1CC1. The second-order valence-corrected chi connectivity index (χ2v) is 7.10. The fourth-order valence-corrected chi connectivity index (χ4v) is 1.93. The smallest absolute Gasteiger partial charge is 0.410 e. The maximum absolute atomic E-state index is 11.9. The van der Waals surface area contributed by atoms with E-state index in [1.54, 1.807) is 11.9 Å². The molecule has 1 fully saturated rings. The number of amides is 1. The fourth-order valence-electron chi connectivity index (χ4n) is 1.93. The van der Waals surface area contributed by atoms with Crippen LogP contribution in [0, 0.1) is 5.92 Å². The van der Waals surface area contributed by atoms with Crippen molar-refractivity contribution in [3.05, 3.63) is 0 Å². The number of rotatable bonds is 6. The monoisotopic (exact) mass is 312 g/mol. The molecule has 1 unspecified atom stereocenters. The molecule has 0 spiro atoms. The summed E-state index contributed by atoms with van der Waals surface area (Å²) in [5.41, 5.74) is -0.459. The molecule has 1 amide bonds. The van der Waals surface area contributed by atoms with Crippen LogP contribution in [-0.2, 0) is 4.74 Å². The number of hydrogen-bond donors (Lipinski definition) is 2. The Labute approximate surface area is 134 Å². The van der Waals surface area contributed by atoms with Crippen LogP contribution in [0.1, 0.15) is 47.5 Å². The largest absolute Gasteiger partial charge is 0.444 e. The van der Waals surface area contributed by atoms with E-state index < -0.39 is 5.60 Å². The molecule has 0 aromatic carbocycles. The van der Waals surface area contributed by atoms with Gasteiger partial charge in [-0.3, -0.25) is 4.99 Å². The molecule has 0 aliphatic heterocycles. The van der Waals surface area contributed by atoms with E-state index in [0.29, 0.717) is 19.1 Å². The Morgan fingerprint density at radius 3 is 2.55 bits per heavy atom. The van der Waals surface area contributed by atoms with Gasteiger partial charge in [-0.05, 0) is 46.5 Å². The van der Waals surface area contributed by atoms with Gasteiger partial charge in [-0.15, -0.1) is 0 Å². The lowest BCUT2D eigenvalue weighted by Crippen LogP contribution is -2.39. The van der Waals surface area contributed by atoms with E-state index >= 15 is 0 Å². The number of nitrogens with zero attached hydrogens (tertiary/aromatic N) is 2. The van der Waals surface area contributed by atoms with Crippen molar-refractivity contribution in [3.8, 4) is 0 Å². The highest BCUT2D eigenvalue weighted by Crippen LogP contribution is 2.18. The molecule has 0 saturated heterocycles. The summed E-state index contributed by atoms with van der Waals surface area (Å²) in [5, 5.41) is 6.64. The van der Waals surface area contributed by atoms with Crippen LogP contribution in [0.5, 0.6) is 0 Å². The first-order chi connectivity index (χ1) is 10.2. The normalized spacial score (nSPS) is 16.9. The fraction of sp³-hybridized carbons (Fsp3) is 0.875. The van der Waals surface area contributed by atoms with Gasteiger partial charge in [-0.25, -0.2) is 4.79 Å². The third-order valence-corrected chi connectivity index (χ3v) is 3.11. The molecule has 2 N–H and O–H groups in total. The van der Waals surface area contributed by atoms with E-state index in [0.717, 1.165) is 12.5 Å². The number of nitrogens with one attached hydrogen (secondary N) is 2. The van der Waals surface area contributed by atoms with Crippen LogP contribution in [0.4, 0.5) is 4.79 Å². The Morgan fingerprint density at radius 1 is 1.41 bits per heavy atom. The van der Waals surface area contributed by atoms with E-state index in [2.05, 4.69) is 29.5 Å². The molecule has 0 aromatic heterocycles. The van der Waals surface area contributed by atoms with Crippen LogP contribution < -0.4 is 10.6 Å². The second-order valence-electron chi connectivity index (χ2n) is 7.10. The summed E-state index contributed by atoms with van der Waals surface area (Å²) >= 11 is 0. The van der Waals surface area contributed by atoms with Gasteiger partial charge in [-0.2, -0.15) is 0 Å². The van der Waals surface area contributed by atoms with Crippen LogP contribution in [0.15, 0.2) is 4.99 Å². The Bertz CT molecular complexity index is 386. The Kier molecular flexibility index (Phi) is 6.97. The molecule has 1 aliphatic carbocycles. The van der Waals surface area contributed by atoms with Crippen LogP contribution in [0.3, 0.4) is 0 Å². The summed E-state index contributed by atoms with van der Waals surface area (Å²) in [6.45, 7) is 11.9. The summed E-state index contributed by atoms with van der Waals surface area (Å²) in [4.78, 5) is 18.1. The van der Waals surface area contributed by atoms with Gasteiger partial charge in [-0.1, -0.05) is 6.92 Å². The van der Waals surface area contributed by atoms with Gasteiger partial charge < -0.3 is 20.3 Å².